The fourth-order valence-corrected chi connectivity index (χ4v) is 2.95. The van der Waals surface area contributed by atoms with Gasteiger partial charge in [-0.3, -0.25) is 9.59 Å². The molecule has 1 heterocycles. The van der Waals surface area contributed by atoms with E-state index in [-0.39, 0.29) is 17.7 Å². The molecule has 0 unspecified atom stereocenters. The van der Waals surface area contributed by atoms with E-state index < -0.39 is 12.1 Å². The van der Waals surface area contributed by atoms with Gasteiger partial charge in [0.25, 0.3) is 0 Å². The van der Waals surface area contributed by atoms with Gasteiger partial charge < -0.3 is 15.1 Å². The third kappa shape index (κ3) is 2.77. The second-order valence-electron chi connectivity index (χ2n) is 5.41. The van der Waals surface area contributed by atoms with Gasteiger partial charge in [-0.2, -0.15) is 0 Å². The van der Waals surface area contributed by atoms with Crippen molar-refractivity contribution in [2.75, 3.05) is 13.1 Å². The Bertz CT molecular complexity index is 316. The van der Waals surface area contributed by atoms with Crippen LogP contribution >= 0.6 is 0 Å². The number of rotatable bonds is 4. The van der Waals surface area contributed by atoms with Crippen LogP contribution < -0.4 is 0 Å². The number of likely N-dealkylation sites (tertiary alicyclic amines) is 1. The fourth-order valence-electron chi connectivity index (χ4n) is 2.95. The van der Waals surface area contributed by atoms with Crippen LogP contribution in [0.5, 0.6) is 0 Å². The average molecular weight is 241 g/mol. The van der Waals surface area contributed by atoms with Crippen molar-refractivity contribution in [2.45, 2.75) is 44.6 Å². The van der Waals surface area contributed by atoms with Crippen LogP contribution in [0.2, 0.25) is 0 Å². The molecule has 1 amide bonds. The maximum Gasteiger partial charge on any atom is 0.303 e. The lowest BCUT2D eigenvalue weighted by atomic mass is 9.79. The molecule has 5 heteroatoms. The van der Waals surface area contributed by atoms with Gasteiger partial charge in [0.1, 0.15) is 0 Å². The van der Waals surface area contributed by atoms with Crippen LogP contribution in [0, 0.1) is 5.41 Å². The molecule has 2 aliphatic rings. The molecule has 0 atom stereocenters. The molecule has 0 aromatic rings. The summed E-state index contributed by atoms with van der Waals surface area (Å²) in [4.78, 5) is 24.4. The Kier molecular flexibility index (Phi) is 3.38. The summed E-state index contributed by atoms with van der Waals surface area (Å²) in [5.41, 5.74) is -0.330. The van der Waals surface area contributed by atoms with E-state index in [0.717, 1.165) is 25.7 Å². The molecule has 0 aromatic heterocycles. The number of β-amino-alcohol motifs (C(OH)–C–C–N with tert-alkyl or cyclic N) is 1. The van der Waals surface area contributed by atoms with Gasteiger partial charge in [-0.1, -0.05) is 12.8 Å². The summed E-state index contributed by atoms with van der Waals surface area (Å²) in [6.45, 7) is 0.809. The number of carbonyl (C=O) groups excluding carboxylic acids is 1. The van der Waals surface area contributed by atoms with Gasteiger partial charge in [-0.25, -0.2) is 0 Å². The quantitative estimate of drug-likeness (QED) is 0.756. The van der Waals surface area contributed by atoms with E-state index in [9.17, 15) is 9.59 Å². The molecule has 0 radical (unpaired) electrons. The largest absolute Gasteiger partial charge is 0.481 e. The highest BCUT2D eigenvalue weighted by Crippen LogP contribution is 2.44. The first-order valence-corrected chi connectivity index (χ1v) is 6.18. The fraction of sp³-hybridized carbons (Fsp3) is 0.833. The second kappa shape index (κ2) is 4.64. The zero-order chi connectivity index (χ0) is 12.5. The SMILES string of the molecule is O=C(O)CC1(CC(=O)N2CC(O)C2)CCCC1. The van der Waals surface area contributed by atoms with E-state index in [1.54, 1.807) is 4.90 Å². The molecule has 0 aromatic carbocycles. The molecule has 0 bridgehead atoms. The highest BCUT2D eigenvalue weighted by molar-refractivity contribution is 5.79. The number of nitrogens with zero attached hydrogens (tertiary/aromatic N) is 1. The monoisotopic (exact) mass is 241 g/mol. The van der Waals surface area contributed by atoms with Crippen molar-refractivity contribution in [3.8, 4) is 0 Å². The van der Waals surface area contributed by atoms with Crippen molar-refractivity contribution in [2.24, 2.45) is 5.41 Å². The summed E-state index contributed by atoms with van der Waals surface area (Å²) >= 11 is 0. The number of hydrogen-bond acceptors (Lipinski definition) is 3. The van der Waals surface area contributed by atoms with E-state index in [2.05, 4.69) is 0 Å². The Hall–Kier alpha value is -1.10. The summed E-state index contributed by atoms with van der Waals surface area (Å²) in [5.74, 6) is -0.818. The lowest BCUT2D eigenvalue weighted by molar-refractivity contribution is -0.146. The number of amides is 1. The van der Waals surface area contributed by atoms with Crippen LogP contribution in [-0.4, -0.2) is 46.2 Å². The number of aliphatic hydroxyl groups excluding tert-OH is 1. The smallest absolute Gasteiger partial charge is 0.303 e. The molecule has 2 rings (SSSR count). The Balaban J connectivity index is 1.93. The highest BCUT2D eigenvalue weighted by atomic mass is 16.4. The minimum atomic E-state index is -0.816. The van der Waals surface area contributed by atoms with Crippen LogP contribution in [0.1, 0.15) is 38.5 Å². The number of aliphatic hydroxyl groups is 1. The lowest BCUT2D eigenvalue weighted by Gasteiger charge is -2.38. The number of hydrogen-bond donors (Lipinski definition) is 2. The maximum atomic E-state index is 11.9. The first-order chi connectivity index (χ1) is 8.01. The summed E-state index contributed by atoms with van der Waals surface area (Å²) < 4.78 is 0. The summed E-state index contributed by atoms with van der Waals surface area (Å²) in [6, 6.07) is 0. The van der Waals surface area contributed by atoms with E-state index >= 15 is 0 Å². The van der Waals surface area contributed by atoms with Gasteiger partial charge in [0.05, 0.1) is 12.5 Å². The summed E-state index contributed by atoms with van der Waals surface area (Å²) in [7, 11) is 0. The predicted octanol–water partition coefficient (Wildman–Crippen LogP) is 0.615. The Labute approximate surface area is 100 Å². The van der Waals surface area contributed by atoms with Gasteiger partial charge in [-0.15, -0.1) is 0 Å². The number of carboxylic acids is 1. The first-order valence-electron chi connectivity index (χ1n) is 6.18. The first kappa shape index (κ1) is 12.4. The Morgan fingerprint density at radius 3 is 2.24 bits per heavy atom. The van der Waals surface area contributed by atoms with E-state index in [0.29, 0.717) is 19.5 Å². The van der Waals surface area contributed by atoms with Crippen LogP contribution in [0.15, 0.2) is 0 Å². The van der Waals surface area contributed by atoms with Crippen LogP contribution in [0.25, 0.3) is 0 Å². The standard InChI is InChI=1S/C12H19NO4/c14-9-7-13(8-9)10(15)5-12(6-11(16)17)3-1-2-4-12/h9,14H,1-8H2,(H,16,17). The maximum absolute atomic E-state index is 11.9. The van der Waals surface area contributed by atoms with E-state index in [4.69, 9.17) is 10.2 Å². The number of carboxylic acid groups (broad SMARTS) is 1. The van der Waals surface area contributed by atoms with Gasteiger partial charge in [0.2, 0.25) is 5.91 Å². The predicted molar refractivity (Wildman–Crippen MR) is 60.4 cm³/mol. The normalized spacial score (nSPS) is 23.5. The Morgan fingerprint density at radius 2 is 1.76 bits per heavy atom. The Morgan fingerprint density at radius 1 is 1.18 bits per heavy atom. The van der Waals surface area contributed by atoms with Crippen molar-refractivity contribution in [3.63, 3.8) is 0 Å². The molecule has 17 heavy (non-hydrogen) atoms. The van der Waals surface area contributed by atoms with Crippen molar-refractivity contribution in [3.05, 3.63) is 0 Å². The number of aliphatic carboxylic acids is 1. The molecule has 2 fully saturated rings. The third-order valence-corrected chi connectivity index (χ3v) is 3.93. The lowest BCUT2D eigenvalue weighted by Crippen LogP contribution is -2.54. The van der Waals surface area contributed by atoms with Crippen molar-refractivity contribution in [1.82, 2.24) is 4.90 Å². The van der Waals surface area contributed by atoms with Gasteiger partial charge in [-0.05, 0) is 18.3 Å². The molecule has 1 aliphatic heterocycles. The van der Waals surface area contributed by atoms with Crippen molar-refractivity contribution < 1.29 is 19.8 Å². The van der Waals surface area contributed by atoms with Crippen LogP contribution in [-0.2, 0) is 9.59 Å². The second-order valence-corrected chi connectivity index (χ2v) is 5.41. The molecule has 1 aliphatic carbocycles. The third-order valence-electron chi connectivity index (χ3n) is 3.93. The van der Waals surface area contributed by atoms with Gasteiger partial charge in [0.15, 0.2) is 0 Å². The molecule has 5 nitrogen and oxygen atoms in total. The average Bonchev–Trinajstić information content (AvgIpc) is 2.60. The zero-order valence-electron chi connectivity index (χ0n) is 9.89. The molecule has 0 spiro atoms. The number of carbonyl (C=O) groups is 2. The minimum Gasteiger partial charge on any atom is -0.481 e. The molecule has 1 saturated carbocycles. The molecule has 1 saturated heterocycles. The molecular weight excluding hydrogens is 222 g/mol. The van der Waals surface area contributed by atoms with E-state index in [1.165, 1.54) is 0 Å². The highest BCUT2D eigenvalue weighted by Gasteiger charge is 2.40. The van der Waals surface area contributed by atoms with Crippen molar-refractivity contribution in [1.29, 1.82) is 0 Å². The van der Waals surface area contributed by atoms with Crippen LogP contribution in [0.4, 0.5) is 0 Å². The van der Waals surface area contributed by atoms with Crippen molar-refractivity contribution >= 4 is 11.9 Å². The molecule has 2 N–H and O–H groups in total. The topological polar surface area (TPSA) is 77.8 Å². The van der Waals surface area contributed by atoms with Crippen LogP contribution in [0.3, 0.4) is 0 Å². The summed E-state index contributed by atoms with van der Waals surface area (Å²) in [5, 5.41) is 18.1. The molecule has 96 valence electrons. The van der Waals surface area contributed by atoms with E-state index in [1.807, 2.05) is 0 Å². The minimum absolute atomic E-state index is 0.00144. The molecular formula is C12H19NO4. The zero-order valence-corrected chi connectivity index (χ0v) is 9.89. The van der Waals surface area contributed by atoms with Gasteiger partial charge >= 0.3 is 5.97 Å². The summed E-state index contributed by atoms with van der Waals surface area (Å²) in [6.07, 6.45) is 3.73. The van der Waals surface area contributed by atoms with Gasteiger partial charge in [0, 0.05) is 19.5 Å².